The average Bonchev–Trinajstić information content (AvgIpc) is 2.99. The smallest absolute Gasteiger partial charge is 0.288 e. The monoisotopic (exact) mass is 366 g/mol. The van der Waals surface area contributed by atoms with E-state index in [2.05, 4.69) is 15.1 Å². The number of halogens is 2. The second kappa shape index (κ2) is 7.12. The first-order valence-electron chi connectivity index (χ1n) is 6.99. The molecule has 3 rings (SSSR count). The summed E-state index contributed by atoms with van der Waals surface area (Å²) in [7, 11) is 0. The minimum atomic E-state index is -0.786. The second-order valence-electron chi connectivity index (χ2n) is 5.03. The van der Waals surface area contributed by atoms with Crippen molar-refractivity contribution in [2.75, 3.05) is 0 Å². The third-order valence-corrected chi connectivity index (χ3v) is 3.83. The molecule has 0 amide bonds. The first kappa shape index (κ1) is 16.6. The van der Waals surface area contributed by atoms with Crippen LogP contribution in [0.3, 0.4) is 0 Å². The maximum absolute atomic E-state index is 11.8. The molecule has 0 aliphatic carbocycles. The van der Waals surface area contributed by atoms with Crippen LogP contribution in [0, 0.1) is 0 Å². The molecule has 24 heavy (non-hydrogen) atoms. The Kier molecular flexibility index (Phi) is 4.94. The zero-order chi connectivity index (χ0) is 17.1. The highest BCUT2D eigenvalue weighted by Gasteiger charge is 2.14. The molecule has 2 heterocycles. The van der Waals surface area contributed by atoms with Crippen LogP contribution in [0.5, 0.6) is 0 Å². The highest BCUT2D eigenvalue weighted by Crippen LogP contribution is 2.19. The third-order valence-electron chi connectivity index (χ3n) is 3.32. The molecular weight excluding hydrogens is 355 g/mol. The minimum Gasteiger partial charge on any atom is -0.388 e. The zero-order valence-electron chi connectivity index (χ0n) is 12.3. The van der Waals surface area contributed by atoms with Crippen molar-refractivity contribution < 1.29 is 9.63 Å². The van der Waals surface area contributed by atoms with E-state index in [0.29, 0.717) is 16.4 Å². The van der Waals surface area contributed by atoms with Crippen molar-refractivity contribution in [1.29, 1.82) is 0 Å². The summed E-state index contributed by atoms with van der Waals surface area (Å²) in [5.74, 6) is 0.568. The molecule has 0 aliphatic heterocycles. The van der Waals surface area contributed by atoms with Crippen molar-refractivity contribution in [1.82, 2.24) is 19.7 Å². The van der Waals surface area contributed by atoms with Crippen LogP contribution in [-0.2, 0) is 13.0 Å². The fourth-order valence-electron chi connectivity index (χ4n) is 2.10. The van der Waals surface area contributed by atoms with Gasteiger partial charge in [0.2, 0.25) is 5.89 Å². The molecule has 124 valence electrons. The van der Waals surface area contributed by atoms with Crippen LogP contribution in [0.4, 0.5) is 0 Å². The molecular formula is C15H12Cl2N4O3. The molecule has 0 saturated heterocycles. The van der Waals surface area contributed by atoms with E-state index >= 15 is 0 Å². The Hall–Kier alpha value is -2.22. The lowest BCUT2D eigenvalue weighted by Crippen LogP contribution is -2.21. The first-order valence-corrected chi connectivity index (χ1v) is 7.74. The van der Waals surface area contributed by atoms with Gasteiger partial charge in [0, 0.05) is 23.8 Å². The number of hydrogen-bond acceptors (Lipinski definition) is 6. The maximum Gasteiger partial charge on any atom is 0.288 e. The minimum absolute atomic E-state index is 0.0745. The van der Waals surface area contributed by atoms with Gasteiger partial charge in [0.1, 0.15) is 6.54 Å². The topological polar surface area (TPSA) is 94.0 Å². The molecule has 1 atom stereocenters. The van der Waals surface area contributed by atoms with Gasteiger partial charge in [0.25, 0.3) is 5.56 Å². The van der Waals surface area contributed by atoms with E-state index in [9.17, 15) is 9.90 Å². The van der Waals surface area contributed by atoms with Gasteiger partial charge >= 0.3 is 0 Å². The standard InChI is InChI=1S/C15H12Cl2N4O3/c16-10-3-1-9(2-4-10)11(22)7-12-19-13(24-20-12)8-21-6-5-18-14(17)15(21)23/h1-6,11,22H,7-8H2/t11-/m0/s1. The Morgan fingerprint density at radius 1 is 1.25 bits per heavy atom. The van der Waals surface area contributed by atoms with Crippen LogP contribution in [0.25, 0.3) is 0 Å². The van der Waals surface area contributed by atoms with Crippen LogP contribution in [-0.4, -0.2) is 24.8 Å². The summed E-state index contributed by atoms with van der Waals surface area (Å²) < 4.78 is 6.41. The summed E-state index contributed by atoms with van der Waals surface area (Å²) in [5.41, 5.74) is 0.253. The lowest BCUT2D eigenvalue weighted by atomic mass is 10.1. The van der Waals surface area contributed by atoms with Gasteiger partial charge < -0.3 is 14.2 Å². The van der Waals surface area contributed by atoms with Gasteiger partial charge in [-0.05, 0) is 17.7 Å². The fraction of sp³-hybridized carbons (Fsp3) is 0.200. The Morgan fingerprint density at radius 3 is 2.75 bits per heavy atom. The van der Waals surface area contributed by atoms with Gasteiger partial charge in [-0.3, -0.25) is 4.79 Å². The molecule has 0 spiro atoms. The molecule has 0 radical (unpaired) electrons. The largest absolute Gasteiger partial charge is 0.388 e. The SMILES string of the molecule is O=c1c(Cl)nccn1Cc1nc(C[C@H](O)c2ccc(Cl)cc2)no1. The number of aromatic nitrogens is 4. The Morgan fingerprint density at radius 2 is 2.00 bits per heavy atom. The zero-order valence-corrected chi connectivity index (χ0v) is 13.8. The lowest BCUT2D eigenvalue weighted by molar-refractivity contribution is 0.174. The maximum atomic E-state index is 11.8. The highest BCUT2D eigenvalue weighted by molar-refractivity contribution is 6.30. The van der Waals surface area contributed by atoms with Crippen molar-refractivity contribution in [2.45, 2.75) is 19.1 Å². The lowest BCUT2D eigenvalue weighted by Gasteiger charge is -2.08. The van der Waals surface area contributed by atoms with Gasteiger partial charge in [-0.15, -0.1) is 0 Å². The van der Waals surface area contributed by atoms with Crippen LogP contribution in [0.1, 0.15) is 23.4 Å². The fourth-order valence-corrected chi connectivity index (χ4v) is 2.39. The summed E-state index contributed by atoms with van der Waals surface area (Å²) >= 11 is 11.5. The molecule has 3 aromatic rings. The Balaban J connectivity index is 1.70. The van der Waals surface area contributed by atoms with E-state index in [1.807, 2.05) is 0 Å². The van der Waals surface area contributed by atoms with E-state index < -0.39 is 11.7 Å². The van der Waals surface area contributed by atoms with Crippen molar-refractivity contribution >= 4 is 23.2 Å². The van der Waals surface area contributed by atoms with Crippen LogP contribution in [0.2, 0.25) is 10.2 Å². The predicted octanol–water partition coefficient (Wildman–Crippen LogP) is 2.26. The number of aliphatic hydroxyl groups is 1. The molecule has 2 aromatic heterocycles. The summed E-state index contributed by atoms with van der Waals surface area (Å²) in [6.45, 7) is 0.0745. The molecule has 1 aromatic carbocycles. The van der Waals surface area contributed by atoms with E-state index in [1.165, 1.54) is 17.0 Å². The van der Waals surface area contributed by atoms with Gasteiger partial charge in [-0.1, -0.05) is 40.5 Å². The summed E-state index contributed by atoms with van der Waals surface area (Å²) in [5, 5.41) is 14.5. The third kappa shape index (κ3) is 3.81. The Labute approximate surface area is 146 Å². The molecule has 1 N–H and O–H groups in total. The van der Waals surface area contributed by atoms with Gasteiger partial charge in [-0.25, -0.2) is 4.98 Å². The molecule has 0 saturated carbocycles. The molecule has 0 unspecified atom stereocenters. The molecule has 9 heteroatoms. The molecule has 7 nitrogen and oxygen atoms in total. The number of hydrogen-bond donors (Lipinski definition) is 1. The number of benzene rings is 1. The molecule has 0 bridgehead atoms. The highest BCUT2D eigenvalue weighted by atomic mass is 35.5. The number of rotatable bonds is 5. The quantitative estimate of drug-likeness (QED) is 0.744. The van der Waals surface area contributed by atoms with Crippen LogP contribution < -0.4 is 5.56 Å². The van der Waals surface area contributed by atoms with Crippen LogP contribution in [0.15, 0.2) is 46.0 Å². The normalized spacial score (nSPS) is 12.3. The number of nitrogens with zero attached hydrogens (tertiary/aromatic N) is 4. The van der Waals surface area contributed by atoms with E-state index in [-0.39, 0.29) is 24.0 Å². The van der Waals surface area contributed by atoms with Crippen molar-refractivity contribution in [3.05, 3.63) is 74.5 Å². The number of aliphatic hydroxyl groups excluding tert-OH is 1. The Bertz CT molecular complexity index is 892. The van der Waals surface area contributed by atoms with Crippen molar-refractivity contribution in [3.8, 4) is 0 Å². The van der Waals surface area contributed by atoms with Gasteiger partial charge in [0.05, 0.1) is 6.10 Å². The summed E-state index contributed by atoms with van der Waals surface area (Å²) in [6.07, 6.45) is 2.27. The molecule has 0 fully saturated rings. The predicted molar refractivity (Wildman–Crippen MR) is 87.0 cm³/mol. The van der Waals surface area contributed by atoms with Crippen molar-refractivity contribution in [2.24, 2.45) is 0 Å². The van der Waals surface area contributed by atoms with Crippen LogP contribution >= 0.6 is 23.2 Å². The van der Waals surface area contributed by atoms with E-state index in [4.69, 9.17) is 27.7 Å². The van der Waals surface area contributed by atoms with Gasteiger partial charge in [-0.2, -0.15) is 4.98 Å². The van der Waals surface area contributed by atoms with Crippen molar-refractivity contribution in [3.63, 3.8) is 0 Å². The summed E-state index contributed by atoms with van der Waals surface area (Å²) in [6, 6.07) is 6.85. The first-order chi connectivity index (χ1) is 11.5. The van der Waals surface area contributed by atoms with E-state index in [1.54, 1.807) is 24.3 Å². The van der Waals surface area contributed by atoms with Gasteiger partial charge in [0.15, 0.2) is 11.0 Å². The van der Waals surface area contributed by atoms with E-state index in [0.717, 1.165) is 0 Å². The molecule has 0 aliphatic rings. The summed E-state index contributed by atoms with van der Waals surface area (Å²) in [4.78, 5) is 19.7. The average molecular weight is 367 g/mol. The second-order valence-corrected chi connectivity index (χ2v) is 5.82.